The third-order valence-electron chi connectivity index (χ3n) is 4.13. The fourth-order valence-corrected chi connectivity index (χ4v) is 4.31. The van der Waals surface area contributed by atoms with E-state index in [0.717, 1.165) is 36.5 Å². The van der Waals surface area contributed by atoms with Crippen LogP contribution in [0.3, 0.4) is 0 Å². The molecule has 1 atom stereocenters. The molecule has 1 fully saturated rings. The summed E-state index contributed by atoms with van der Waals surface area (Å²) in [4.78, 5) is 11.4. The quantitative estimate of drug-likeness (QED) is 0.699. The molecule has 6 heteroatoms. The third-order valence-corrected chi connectivity index (χ3v) is 5.33. The standard InChI is InChI=1S/C15H18N4OS/c1-2-6-12-11(5-1)13-14(16-9-17-15(13)21-12)19-18-8-10-4-3-7-20-10/h8-10H,1-7H2,(H,16,17,19)/b18-8+. The molecule has 5 nitrogen and oxygen atoms in total. The molecule has 0 radical (unpaired) electrons. The van der Waals surface area contributed by atoms with Crippen LogP contribution in [-0.4, -0.2) is 28.9 Å². The van der Waals surface area contributed by atoms with E-state index in [1.165, 1.54) is 35.1 Å². The predicted molar refractivity (Wildman–Crippen MR) is 85.1 cm³/mol. The van der Waals surface area contributed by atoms with Crippen molar-refractivity contribution in [1.29, 1.82) is 0 Å². The van der Waals surface area contributed by atoms with Gasteiger partial charge in [-0.25, -0.2) is 9.97 Å². The summed E-state index contributed by atoms with van der Waals surface area (Å²) >= 11 is 1.80. The topological polar surface area (TPSA) is 59.4 Å². The lowest BCUT2D eigenvalue weighted by atomic mass is 9.97. The number of nitrogens with zero attached hydrogens (tertiary/aromatic N) is 3. The molecule has 4 rings (SSSR count). The van der Waals surface area contributed by atoms with Crippen molar-refractivity contribution in [2.75, 3.05) is 12.0 Å². The van der Waals surface area contributed by atoms with E-state index in [9.17, 15) is 0 Å². The monoisotopic (exact) mass is 302 g/mol. The SMILES string of the molecule is C(=N\Nc1ncnc2sc3c(c12)CCCC3)/C1CCCO1. The van der Waals surface area contributed by atoms with Gasteiger partial charge in [0, 0.05) is 11.5 Å². The van der Waals surface area contributed by atoms with Crippen molar-refractivity contribution in [3.8, 4) is 0 Å². The fraction of sp³-hybridized carbons (Fsp3) is 0.533. The highest BCUT2D eigenvalue weighted by atomic mass is 32.1. The van der Waals surface area contributed by atoms with E-state index in [1.54, 1.807) is 17.7 Å². The Labute approximate surface area is 127 Å². The maximum Gasteiger partial charge on any atom is 0.158 e. The van der Waals surface area contributed by atoms with Gasteiger partial charge < -0.3 is 4.74 Å². The van der Waals surface area contributed by atoms with E-state index in [1.807, 2.05) is 6.21 Å². The Balaban J connectivity index is 1.63. The van der Waals surface area contributed by atoms with Crippen LogP contribution in [0.1, 0.15) is 36.1 Å². The first-order valence-electron chi connectivity index (χ1n) is 7.58. The van der Waals surface area contributed by atoms with Crippen LogP contribution in [0, 0.1) is 0 Å². The molecule has 3 heterocycles. The van der Waals surface area contributed by atoms with Crippen LogP contribution in [0.5, 0.6) is 0 Å². The highest BCUT2D eigenvalue weighted by Crippen LogP contribution is 2.38. The number of aromatic nitrogens is 2. The Morgan fingerprint density at radius 1 is 1.29 bits per heavy atom. The summed E-state index contributed by atoms with van der Waals surface area (Å²) in [7, 11) is 0. The Kier molecular flexibility index (Phi) is 3.57. The minimum absolute atomic E-state index is 0.145. The zero-order valence-electron chi connectivity index (χ0n) is 11.8. The molecular formula is C15H18N4OS. The van der Waals surface area contributed by atoms with Crippen LogP contribution >= 0.6 is 11.3 Å². The first-order chi connectivity index (χ1) is 10.4. The molecule has 0 bridgehead atoms. The summed E-state index contributed by atoms with van der Waals surface area (Å²) in [6, 6.07) is 0. The number of thiophene rings is 1. The van der Waals surface area contributed by atoms with Gasteiger partial charge in [-0.2, -0.15) is 5.10 Å². The number of nitrogens with one attached hydrogen (secondary N) is 1. The summed E-state index contributed by atoms with van der Waals surface area (Å²) < 4.78 is 5.53. The summed E-state index contributed by atoms with van der Waals surface area (Å²) in [5, 5.41) is 5.48. The van der Waals surface area contributed by atoms with E-state index in [-0.39, 0.29) is 6.10 Å². The van der Waals surface area contributed by atoms with Crippen molar-refractivity contribution in [2.24, 2.45) is 5.10 Å². The summed E-state index contributed by atoms with van der Waals surface area (Å²) in [5.74, 6) is 0.827. The Morgan fingerprint density at radius 2 is 2.24 bits per heavy atom. The number of hydrogen-bond donors (Lipinski definition) is 1. The van der Waals surface area contributed by atoms with Gasteiger partial charge in [0.05, 0.1) is 17.7 Å². The molecule has 21 heavy (non-hydrogen) atoms. The number of ether oxygens (including phenoxy) is 1. The van der Waals surface area contributed by atoms with Gasteiger partial charge in [-0.1, -0.05) is 0 Å². The summed E-state index contributed by atoms with van der Waals surface area (Å²) in [5.41, 5.74) is 4.52. The van der Waals surface area contributed by atoms with Crippen LogP contribution in [0.15, 0.2) is 11.4 Å². The van der Waals surface area contributed by atoms with Gasteiger partial charge in [0.1, 0.15) is 11.2 Å². The lowest BCUT2D eigenvalue weighted by Gasteiger charge is -2.11. The van der Waals surface area contributed by atoms with Gasteiger partial charge >= 0.3 is 0 Å². The van der Waals surface area contributed by atoms with Crippen molar-refractivity contribution < 1.29 is 4.74 Å². The van der Waals surface area contributed by atoms with E-state index in [0.29, 0.717) is 0 Å². The van der Waals surface area contributed by atoms with Crippen molar-refractivity contribution >= 4 is 33.6 Å². The average Bonchev–Trinajstić information content (AvgIpc) is 3.14. The molecule has 2 aromatic rings. The fourth-order valence-electron chi connectivity index (χ4n) is 3.08. The molecule has 1 aliphatic carbocycles. The normalized spacial score (nSPS) is 22.0. The molecule has 2 aliphatic rings. The van der Waals surface area contributed by atoms with Crippen molar-refractivity contribution in [3.63, 3.8) is 0 Å². The maximum atomic E-state index is 5.53. The molecule has 0 aromatic carbocycles. The van der Waals surface area contributed by atoms with E-state index < -0.39 is 0 Å². The smallest absolute Gasteiger partial charge is 0.158 e. The minimum atomic E-state index is 0.145. The number of anilines is 1. The molecule has 0 spiro atoms. The molecular weight excluding hydrogens is 284 g/mol. The highest BCUT2D eigenvalue weighted by Gasteiger charge is 2.19. The predicted octanol–water partition coefficient (Wildman–Crippen LogP) is 3.15. The number of aryl methyl sites for hydroxylation is 2. The molecule has 2 aromatic heterocycles. The Morgan fingerprint density at radius 3 is 3.14 bits per heavy atom. The van der Waals surface area contributed by atoms with Crippen LogP contribution in [0.4, 0.5) is 5.82 Å². The Hall–Kier alpha value is -1.53. The molecule has 1 aliphatic heterocycles. The summed E-state index contributed by atoms with van der Waals surface area (Å²) in [6.07, 6.45) is 10.6. The molecule has 1 saturated heterocycles. The van der Waals surface area contributed by atoms with Gasteiger partial charge in [-0.3, -0.25) is 5.43 Å². The highest BCUT2D eigenvalue weighted by molar-refractivity contribution is 7.19. The van der Waals surface area contributed by atoms with Crippen LogP contribution in [0.25, 0.3) is 10.2 Å². The number of rotatable bonds is 3. The zero-order chi connectivity index (χ0) is 14.1. The lowest BCUT2D eigenvalue weighted by molar-refractivity contribution is 0.162. The second-order valence-electron chi connectivity index (χ2n) is 5.55. The molecule has 110 valence electrons. The molecule has 1 N–H and O–H groups in total. The number of fused-ring (bicyclic) bond motifs is 3. The second kappa shape index (κ2) is 5.69. The summed E-state index contributed by atoms with van der Waals surface area (Å²) in [6.45, 7) is 0.840. The first-order valence-corrected chi connectivity index (χ1v) is 8.39. The molecule has 0 saturated carbocycles. The van der Waals surface area contributed by atoms with Gasteiger partial charge in [0.15, 0.2) is 5.82 Å². The van der Waals surface area contributed by atoms with E-state index in [2.05, 4.69) is 20.5 Å². The first kappa shape index (κ1) is 13.2. The Bertz CT molecular complexity index is 676. The van der Waals surface area contributed by atoms with Crippen LogP contribution < -0.4 is 5.43 Å². The lowest BCUT2D eigenvalue weighted by Crippen LogP contribution is -2.08. The second-order valence-corrected chi connectivity index (χ2v) is 6.64. The number of hydrazone groups is 1. The average molecular weight is 302 g/mol. The van der Waals surface area contributed by atoms with Crippen LogP contribution in [0.2, 0.25) is 0 Å². The number of hydrogen-bond acceptors (Lipinski definition) is 6. The van der Waals surface area contributed by atoms with Crippen molar-refractivity contribution in [2.45, 2.75) is 44.6 Å². The van der Waals surface area contributed by atoms with E-state index in [4.69, 9.17) is 4.74 Å². The third kappa shape index (κ3) is 2.53. The van der Waals surface area contributed by atoms with Gasteiger partial charge in [-0.05, 0) is 44.1 Å². The zero-order valence-corrected chi connectivity index (χ0v) is 12.7. The minimum Gasteiger partial charge on any atom is -0.372 e. The maximum absolute atomic E-state index is 5.53. The van der Waals surface area contributed by atoms with Crippen molar-refractivity contribution in [1.82, 2.24) is 9.97 Å². The van der Waals surface area contributed by atoms with Gasteiger partial charge in [0.2, 0.25) is 0 Å². The van der Waals surface area contributed by atoms with Gasteiger partial charge in [0.25, 0.3) is 0 Å². The molecule has 0 amide bonds. The van der Waals surface area contributed by atoms with Crippen LogP contribution in [-0.2, 0) is 17.6 Å². The van der Waals surface area contributed by atoms with Crippen molar-refractivity contribution in [3.05, 3.63) is 16.8 Å². The largest absolute Gasteiger partial charge is 0.372 e. The molecule has 1 unspecified atom stereocenters. The van der Waals surface area contributed by atoms with Gasteiger partial charge in [-0.15, -0.1) is 11.3 Å². The van der Waals surface area contributed by atoms with E-state index >= 15 is 0 Å².